The zero-order valence-corrected chi connectivity index (χ0v) is 29.0. The molecule has 5 aromatic rings. The quantitative estimate of drug-likeness (QED) is 0.134. The highest BCUT2D eigenvalue weighted by Gasteiger charge is 2.23. The first-order valence-corrected chi connectivity index (χ1v) is 18.6. The lowest BCUT2D eigenvalue weighted by Crippen LogP contribution is -2.40. The van der Waals surface area contributed by atoms with Gasteiger partial charge in [-0.15, -0.1) is 0 Å². The van der Waals surface area contributed by atoms with Gasteiger partial charge in [-0.3, -0.25) is 0 Å². The van der Waals surface area contributed by atoms with Crippen molar-refractivity contribution in [2.75, 3.05) is 56.5 Å². The summed E-state index contributed by atoms with van der Waals surface area (Å²) >= 11 is 1.44. The van der Waals surface area contributed by atoms with E-state index in [9.17, 15) is 8.42 Å². The lowest BCUT2D eigenvalue weighted by atomic mass is 10.1. The fraction of sp³-hybridized carbons (Fsp3) is 0.286. The molecular formula is C35H37FN6O5S2. The molecule has 1 saturated heterocycles. The van der Waals surface area contributed by atoms with Crippen LogP contribution in [0.2, 0.25) is 0 Å². The monoisotopic (exact) mass is 704 g/mol. The molecule has 1 aliphatic heterocycles. The molecule has 2 N–H and O–H groups in total. The number of halogens is 1. The Labute approximate surface area is 289 Å². The van der Waals surface area contributed by atoms with E-state index in [0.29, 0.717) is 66.2 Å². The summed E-state index contributed by atoms with van der Waals surface area (Å²) in [7, 11) is 0.185. The summed E-state index contributed by atoms with van der Waals surface area (Å²) in [6.07, 6.45) is 4.11. The summed E-state index contributed by atoms with van der Waals surface area (Å²) in [6, 6.07) is 21.8. The molecule has 0 atom stereocenters. The Morgan fingerprint density at radius 3 is 2.33 bits per heavy atom. The molecule has 1 fully saturated rings. The molecule has 0 saturated carbocycles. The fourth-order valence-corrected chi connectivity index (χ4v) is 6.97. The van der Waals surface area contributed by atoms with Gasteiger partial charge >= 0.3 is 0 Å². The maximum atomic E-state index is 15.2. The van der Waals surface area contributed by atoms with Gasteiger partial charge in [0, 0.05) is 61.2 Å². The Balaban J connectivity index is 1.20. The lowest BCUT2D eigenvalue weighted by Gasteiger charge is -2.32. The van der Waals surface area contributed by atoms with Crippen LogP contribution in [0.25, 0.3) is 21.8 Å². The van der Waals surface area contributed by atoms with Crippen molar-refractivity contribution in [2.45, 2.75) is 18.9 Å². The van der Waals surface area contributed by atoms with Gasteiger partial charge in [0.05, 0.1) is 36.2 Å². The molecule has 0 amide bonds. The number of nitrogens with one attached hydrogen (secondary N) is 2. The van der Waals surface area contributed by atoms with Crippen molar-refractivity contribution in [1.29, 1.82) is 0 Å². The van der Waals surface area contributed by atoms with Crippen molar-refractivity contribution in [3.8, 4) is 39.1 Å². The second kappa shape index (κ2) is 15.2. The smallest absolute Gasteiger partial charge is 0.227 e. The van der Waals surface area contributed by atoms with Crippen molar-refractivity contribution in [3.05, 3.63) is 84.8 Å². The number of sulfone groups is 1. The largest absolute Gasteiger partial charge is 0.497 e. The Bertz CT molecular complexity index is 1980. The molecule has 0 radical (unpaired) electrons. The molecule has 2 aromatic heterocycles. The molecule has 0 spiro atoms. The maximum absolute atomic E-state index is 15.2. The number of anilines is 4. The van der Waals surface area contributed by atoms with Crippen LogP contribution in [-0.4, -0.2) is 80.2 Å². The number of thiazole rings is 1. The van der Waals surface area contributed by atoms with Gasteiger partial charge in [-0.05, 0) is 55.3 Å². The van der Waals surface area contributed by atoms with E-state index in [2.05, 4.69) is 20.5 Å². The average molecular weight is 705 g/mol. The van der Waals surface area contributed by atoms with Crippen molar-refractivity contribution >= 4 is 43.6 Å². The number of hydrogen-bond donors (Lipinski definition) is 2. The number of rotatable bonds is 13. The van der Waals surface area contributed by atoms with Crippen LogP contribution < -0.4 is 24.8 Å². The fourth-order valence-electron chi connectivity index (χ4n) is 5.41. The van der Waals surface area contributed by atoms with Crippen LogP contribution in [0.15, 0.2) is 79.0 Å². The standard InChI is InChI=1S/C35H37FN6O5S2/c1-45-27-19-23(20-28(22-27)46-2)32-33(48-35(41-32)39-24-7-5-4-6-8-24)30-11-14-37-34(40-30)38-25-9-10-31(29(36)21-25)47-26-12-15-42(16-13-26)17-18-49(3,43)44/h4-11,14,19-22,26H,12-13,15-18H2,1-3H3,(H,39,41)(H,37,38,40). The van der Waals surface area contributed by atoms with Crippen molar-refractivity contribution in [2.24, 2.45) is 0 Å². The van der Waals surface area contributed by atoms with Gasteiger partial charge in [0.25, 0.3) is 0 Å². The molecule has 6 rings (SSSR count). The van der Waals surface area contributed by atoms with E-state index in [1.807, 2.05) is 42.5 Å². The first kappa shape index (κ1) is 34.1. The molecule has 49 heavy (non-hydrogen) atoms. The highest BCUT2D eigenvalue weighted by atomic mass is 32.2. The van der Waals surface area contributed by atoms with E-state index in [1.54, 1.807) is 44.7 Å². The van der Waals surface area contributed by atoms with Gasteiger partial charge in [-0.25, -0.2) is 27.8 Å². The second-order valence-electron chi connectivity index (χ2n) is 11.6. The Morgan fingerprint density at radius 2 is 1.65 bits per heavy atom. The second-order valence-corrected chi connectivity index (χ2v) is 14.9. The topological polar surface area (TPSA) is 128 Å². The number of benzene rings is 3. The predicted molar refractivity (Wildman–Crippen MR) is 191 cm³/mol. The molecule has 1 aliphatic rings. The van der Waals surface area contributed by atoms with E-state index in [4.69, 9.17) is 24.2 Å². The summed E-state index contributed by atoms with van der Waals surface area (Å²) in [5.74, 6) is 1.32. The molecular weight excluding hydrogens is 668 g/mol. The first-order chi connectivity index (χ1) is 23.7. The lowest BCUT2D eigenvalue weighted by molar-refractivity contribution is 0.100. The minimum Gasteiger partial charge on any atom is -0.497 e. The average Bonchev–Trinajstić information content (AvgIpc) is 3.53. The maximum Gasteiger partial charge on any atom is 0.227 e. The van der Waals surface area contributed by atoms with Gasteiger partial charge in [0.1, 0.15) is 27.4 Å². The summed E-state index contributed by atoms with van der Waals surface area (Å²) in [6.45, 7) is 1.90. The van der Waals surface area contributed by atoms with E-state index >= 15 is 4.39 Å². The summed E-state index contributed by atoms with van der Waals surface area (Å²) in [4.78, 5) is 17.0. The molecule has 3 heterocycles. The van der Waals surface area contributed by atoms with Gasteiger partial charge in [-0.1, -0.05) is 29.5 Å². The number of ether oxygens (including phenoxy) is 3. The molecule has 11 nitrogen and oxygen atoms in total. The third kappa shape index (κ3) is 9.02. The van der Waals surface area contributed by atoms with E-state index in [0.717, 1.165) is 16.1 Å². The minimum atomic E-state index is -3.01. The van der Waals surface area contributed by atoms with Gasteiger partial charge in [-0.2, -0.15) is 0 Å². The van der Waals surface area contributed by atoms with Crippen LogP contribution in [0.3, 0.4) is 0 Å². The summed E-state index contributed by atoms with van der Waals surface area (Å²) in [5.41, 5.74) is 3.45. The Kier molecular flexibility index (Phi) is 10.6. The van der Waals surface area contributed by atoms with Gasteiger partial charge in [0.15, 0.2) is 16.7 Å². The highest BCUT2D eigenvalue weighted by Crippen LogP contribution is 2.41. The van der Waals surface area contributed by atoms with Crippen molar-refractivity contribution in [3.63, 3.8) is 0 Å². The van der Waals surface area contributed by atoms with E-state index in [-0.39, 0.29) is 23.6 Å². The van der Waals surface area contributed by atoms with Crippen LogP contribution in [0.5, 0.6) is 17.2 Å². The molecule has 3 aromatic carbocycles. The van der Waals surface area contributed by atoms with Crippen LogP contribution in [0, 0.1) is 5.82 Å². The number of piperidine rings is 1. The third-order valence-electron chi connectivity index (χ3n) is 7.96. The summed E-state index contributed by atoms with van der Waals surface area (Å²) < 4.78 is 55.2. The van der Waals surface area contributed by atoms with Crippen LogP contribution in [-0.2, 0) is 9.84 Å². The Morgan fingerprint density at radius 1 is 0.918 bits per heavy atom. The SMILES string of the molecule is COc1cc(OC)cc(-c2nc(Nc3ccccc3)sc2-c2ccnc(Nc3ccc(OC4CCN(CCS(C)(=O)=O)CC4)c(F)c3)n2)c1. The van der Waals surface area contributed by atoms with Gasteiger partial charge in [0.2, 0.25) is 5.95 Å². The van der Waals surface area contributed by atoms with Crippen LogP contribution in [0.1, 0.15) is 12.8 Å². The molecule has 256 valence electrons. The van der Waals surface area contributed by atoms with Crippen LogP contribution in [0.4, 0.5) is 26.8 Å². The van der Waals surface area contributed by atoms with E-state index < -0.39 is 15.7 Å². The van der Waals surface area contributed by atoms with Crippen molar-refractivity contribution in [1.82, 2.24) is 19.9 Å². The number of hydrogen-bond acceptors (Lipinski definition) is 12. The molecule has 0 bridgehead atoms. The number of methoxy groups -OCH3 is 2. The molecule has 14 heteroatoms. The summed E-state index contributed by atoms with van der Waals surface area (Å²) in [5, 5.41) is 7.16. The number of nitrogens with zero attached hydrogens (tertiary/aromatic N) is 4. The van der Waals surface area contributed by atoms with Gasteiger partial charge < -0.3 is 29.7 Å². The Hall–Kier alpha value is -4.79. The molecule has 0 aliphatic carbocycles. The number of aromatic nitrogens is 3. The molecule has 0 unspecified atom stereocenters. The highest BCUT2D eigenvalue weighted by molar-refractivity contribution is 7.90. The first-order valence-electron chi connectivity index (χ1n) is 15.7. The zero-order valence-electron chi connectivity index (χ0n) is 27.4. The number of likely N-dealkylation sites (tertiary alicyclic amines) is 1. The minimum absolute atomic E-state index is 0.129. The third-order valence-corrected chi connectivity index (χ3v) is 9.88. The van der Waals surface area contributed by atoms with Crippen LogP contribution >= 0.6 is 11.3 Å². The number of para-hydroxylation sites is 1. The zero-order chi connectivity index (χ0) is 34.4. The van der Waals surface area contributed by atoms with E-state index in [1.165, 1.54) is 23.7 Å². The normalized spacial score (nSPS) is 14.0. The van der Waals surface area contributed by atoms with Crippen molar-refractivity contribution < 1.29 is 27.0 Å². The predicted octanol–water partition coefficient (Wildman–Crippen LogP) is 6.80.